The zero-order chi connectivity index (χ0) is 35.1. The Morgan fingerprint density at radius 1 is 0.900 bits per heavy atom. The molecule has 1 aliphatic carbocycles. The highest BCUT2D eigenvalue weighted by Crippen LogP contribution is 2.51. The number of hydrogen-bond donors (Lipinski definition) is 1. The number of amidine groups is 1. The molecule has 3 aromatic rings. The van der Waals surface area contributed by atoms with Gasteiger partial charge in [0.1, 0.15) is 18.5 Å². The molecule has 0 radical (unpaired) electrons. The summed E-state index contributed by atoms with van der Waals surface area (Å²) in [6.07, 6.45) is 4.03. The van der Waals surface area contributed by atoms with Crippen LogP contribution >= 0.6 is 7.60 Å². The van der Waals surface area contributed by atoms with E-state index < -0.39 is 19.3 Å². The molecule has 6 rings (SSSR count). The molecular formula is C38H43F3N3O5P. The van der Waals surface area contributed by atoms with Crippen molar-refractivity contribution in [2.24, 2.45) is 4.99 Å². The third-order valence-electron chi connectivity index (χ3n) is 8.86. The predicted octanol–water partition coefficient (Wildman–Crippen LogP) is 8.18. The number of piperidine rings is 1. The minimum absolute atomic E-state index is 0.0259. The van der Waals surface area contributed by atoms with Crippen molar-refractivity contribution in [3.05, 3.63) is 119 Å². The summed E-state index contributed by atoms with van der Waals surface area (Å²) in [5, 5.41) is 3.38. The van der Waals surface area contributed by atoms with Gasteiger partial charge in [0.05, 0.1) is 37.0 Å². The first-order valence-electron chi connectivity index (χ1n) is 17.1. The molecule has 0 spiro atoms. The van der Waals surface area contributed by atoms with Gasteiger partial charge in [0.2, 0.25) is 0 Å². The number of hydrogen-bond acceptors (Lipinski definition) is 8. The van der Waals surface area contributed by atoms with Gasteiger partial charge >= 0.3 is 13.8 Å². The van der Waals surface area contributed by atoms with Crippen LogP contribution in [0.5, 0.6) is 11.5 Å². The number of alkyl halides is 3. The number of fused-ring (bicyclic) bond motifs is 1. The van der Waals surface area contributed by atoms with Crippen molar-refractivity contribution in [1.82, 2.24) is 10.2 Å². The molecule has 266 valence electrons. The topological polar surface area (TPSA) is 81.6 Å². The monoisotopic (exact) mass is 709 g/mol. The van der Waals surface area contributed by atoms with Crippen LogP contribution in [0.15, 0.2) is 102 Å². The molecule has 0 amide bonds. The SMILES string of the molecule is CCOP(=O)(Cc1ccc(COc2ccccc2OC2CCN(CC3=CC4NC(c5ccc(C(F)(F)F)cc5)=NC4C=C3)CC2)cc1)OCC. The molecule has 8 nitrogen and oxygen atoms in total. The van der Waals surface area contributed by atoms with E-state index in [-0.39, 0.29) is 24.3 Å². The predicted molar refractivity (Wildman–Crippen MR) is 188 cm³/mol. The Morgan fingerprint density at radius 3 is 2.22 bits per heavy atom. The van der Waals surface area contributed by atoms with Gasteiger partial charge in [-0.15, -0.1) is 0 Å². The smallest absolute Gasteiger partial charge is 0.416 e. The van der Waals surface area contributed by atoms with E-state index in [1.807, 2.05) is 48.5 Å². The molecule has 1 N–H and O–H groups in total. The minimum Gasteiger partial charge on any atom is -0.486 e. The van der Waals surface area contributed by atoms with Crippen molar-refractivity contribution >= 4 is 13.4 Å². The Kier molecular flexibility index (Phi) is 11.5. The number of halogens is 3. The van der Waals surface area contributed by atoms with E-state index in [1.54, 1.807) is 13.8 Å². The lowest BCUT2D eigenvalue weighted by Gasteiger charge is -2.33. The molecule has 1 saturated heterocycles. The van der Waals surface area contributed by atoms with E-state index in [2.05, 4.69) is 28.4 Å². The van der Waals surface area contributed by atoms with Gasteiger partial charge in [0.25, 0.3) is 0 Å². The van der Waals surface area contributed by atoms with Crippen molar-refractivity contribution in [1.29, 1.82) is 0 Å². The molecule has 12 heteroatoms. The highest BCUT2D eigenvalue weighted by atomic mass is 31.2. The molecule has 3 aliphatic rings. The number of para-hydroxylation sites is 2. The molecule has 3 aromatic carbocycles. The van der Waals surface area contributed by atoms with Crippen molar-refractivity contribution in [3.8, 4) is 11.5 Å². The van der Waals surface area contributed by atoms with Crippen molar-refractivity contribution < 1.29 is 36.3 Å². The van der Waals surface area contributed by atoms with Crippen LogP contribution in [0.3, 0.4) is 0 Å². The largest absolute Gasteiger partial charge is 0.486 e. The summed E-state index contributed by atoms with van der Waals surface area (Å²) < 4.78 is 75.3. The van der Waals surface area contributed by atoms with Gasteiger partial charge in [-0.3, -0.25) is 14.5 Å². The first-order chi connectivity index (χ1) is 24.1. The van der Waals surface area contributed by atoms with Gasteiger partial charge in [0, 0.05) is 25.2 Å². The highest BCUT2D eigenvalue weighted by molar-refractivity contribution is 7.53. The van der Waals surface area contributed by atoms with E-state index in [1.165, 1.54) is 17.7 Å². The second kappa shape index (κ2) is 16.0. The number of rotatable bonds is 14. The van der Waals surface area contributed by atoms with Crippen LogP contribution in [0.1, 0.15) is 48.9 Å². The number of aliphatic imine (C=N–C) groups is 1. The molecule has 0 aromatic heterocycles. The summed E-state index contributed by atoms with van der Waals surface area (Å²) in [4.78, 5) is 7.11. The number of likely N-dealkylation sites (tertiary alicyclic amines) is 1. The molecule has 2 unspecified atom stereocenters. The average molecular weight is 710 g/mol. The molecule has 1 fully saturated rings. The fraction of sp³-hybridized carbons (Fsp3) is 0.395. The maximum Gasteiger partial charge on any atom is 0.416 e. The summed E-state index contributed by atoms with van der Waals surface area (Å²) >= 11 is 0. The summed E-state index contributed by atoms with van der Waals surface area (Å²) in [5.41, 5.74) is 3.02. The summed E-state index contributed by atoms with van der Waals surface area (Å²) in [7, 11) is -3.17. The number of nitrogens with one attached hydrogen (secondary N) is 1. The normalized spacial score (nSPS) is 19.8. The van der Waals surface area contributed by atoms with E-state index >= 15 is 0 Å². The van der Waals surface area contributed by atoms with Crippen LogP contribution in [0, 0.1) is 0 Å². The lowest BCUT2D eigenvalue weighted by molar-refractivity contribution is -0.137. The third-order valence-corrected chi connectivity index (χ3v) is 10.9. The molecule has 2 heterocycles. The van der Waals surface area contributed by atoms with Crippen LogP contribution < -0.4 is 14.8 Å². The average Bonchev–Trinajstić information content (AvgIpc) is 3.53. The van der Waals surface area contributed by atoms with E-state index in [4.69, 9.17) is 23.5 Å². The standard InChI is InChI=1S/C38H43F3N3O5P/c1-3-47-50(45,48-4-2)26-28-11-9-27(10-12-28)25-46-35-7-5-6-8-36(35)49-32-19-21-44(22-20-32)24-29-13-18-33-34(23-29)43-37(42-33)30-14-16-31(17-15-30)38(39,40)41/h5-18,23,32-34H,3-4,19-22,24-26H2,1-2H3,(H,42,43). The minimum atomic E-state index is -4.36. The maximum absolute atomic E-state index is 13.0. The van der Waals surface area contributed by atoms with Crippen LogP contribution in [-0.2, 0) is 32.6 Å². The van der Waals surface area contributed by atoms with Crippen LogP contribution in [0.25, 0.3) is 0 Å². The molecule has 0 bridgehead atoms. The van der Waals surface area contributed by atoms with Gasteiger partial charge in [0.15, 0.2) is 11.5 Å². The zero-order valence-corrected chi connectivity index (χ0v) is 29.2. The summed E-state index contributed by atoms with van der Waals surface area (Å²) in [6.45, 7) is 7.21. The van der Waals surface area contributed by atoms with Crippen LogP contribution in [0.4, 0.5) is 13.2 Å². The highest BCUT2D eigenvalue weighted by Gasteiger charge is 2.32. The second-order valence-electron chi connectivity index (χ2n) is 12.6. The number of benzene rings is 3. The zero-order valence-electron chi connectivity index (χ0n) is 28.3. The van der Waals surface area contributed by atoms with Crippen molar-refractivity contribution in [2.45, 2.75) is 63.8 Å². The quantitative estimate of drug-likeness (QED) is 0.169. The lowest BCUT2D eigenvalue weighted by Crippen LogP contribution is -2.40. The Balaban J connectivity index is 0.963. The Hall–Kier alpha value is -3.89. The van der Waals surface area contributed by atoms with Crippen LogP contribution in [-0.4, -0.2) is 61.8 Å². The van der Waals surface area contributed by atoms with E-state index in [9.17, 15) is 17.7 Å². The van der Waals surface area contributed by atoms with Crippen LogP contribution in [0.2, 0.25) is 0 Å². The second-order valence-corrected chi connectivity index (χ2v) is 14.6. The lowest BCUT2D eigenvalue weighted by atomic mass is 9.98. The first-order valence-corrected chi connectivity index (χ1v) is 18.8. The van der Waals surface area contributed by atoms with Gasteiger partial charge in [-0.25, -0.2) is 0 Å². The van der Waals surface area contributed by atoms with Gasteiger partial charge in [-0.1, -0.05) is 66.8 Å². The number of nitrogens with zero attached hydrogens (tertiary/aromatic N) is 2. The molecule has 2 atom stereocenters. The summed E-state index contributed by atoms with van der Waals surface area (Å²) in [6, 6.07) is 20.5. The van der Waals surface area contributed by atoms with Crippen molar-refractivity contribution in [2.75, 3.05) is 32.8 Å². The maximum atomic E-state index is 13.0. The summed E-state index contributed by atoms with van der Waals surface area (Å²) in [5.74, 6) is 2.02. The Morgan fingerprint density at radius 2 is 1.56 bits per heavy atom. The van der Waals surface area contributed by atoms with Gasteiger partial charge in [-0.2, -0.15) is 13.2 Å². The third kappa shape index (κ3) is 9.26. The van der Waals surface area contributed by atoms with E-state index in [0.29, 0.717) is 37.0 Å². The number of ether oxygens (including phenoxy) is 2. The molecule has 2 aliphatic heterocycles. The molecule has 50 heavy (non-hydrogen) atoms. The fourth-order valence-corrected chi connectivity index (χ4v) is 8.04. The molecular weight excluding hydrogens is 666 g/mol. The Labute approximate surface area is 291 Å². The van der Waals surface area contributed by atoms with Crippen molar-refractivity contribution in [3.63, 3.8) is 0 Å². The van der Waals surface area contributed by atoms with Gasteiger partial charge < -0.3 is 23.8 Å². The molecule has 0 saturated carbocycles. The first kappa shape index (κ1) is 35.9. The Bertz CT molecular complexity index is 1730. The van der Waals surface area contributed by atoms with E-state index in [0.717, 1.165) is 61.5 Å². The fourth-order valence-electron chi connectivity index (χ4n) is 6.34. The van der Waals surface area contributed by atoms with Gasteiger partial charge in [-0.05, 0) is 67.7 Å².